The normalized spacial score (nSPS) is 10.4. The lowest BCUT2D eigenvalue weighted by atomic mass is 10.1. The SMILES string of the molecule is Cc1noc(-c2ccccc2Cl)c1N. The van der Waals surface area contributed by atoms with E-state index in [0.29, 0.717) is 22.2 Å². The number of halogens is 1. The molecule has 0 saturated carbocycles. The number of aromatic nitrogens is 1. The molecule has 2 rings (SSSR count). The molecule has 72 valence electrons. The van der Waals surface area contributed by atoms with Crippen molar-refractivity contribution in [2.24, 2.45) is 0 Å². The summed E-state index contributed by atoms with van der Waals surface area (Å²) in [6, 6.07) is 7.36. The molecule has 0 saturated heterocycles. The minimum absolute atomic E-state index is 0.535. The molecule has 0 unspecified atom stereocenters. The molecule has 4 heteroatoms. The van der Waals surface area contributed by atoms with Gasteiger partial charge in [-0.2, -0.15) is 0 Å². The van der Waals surface area contributed by atoms with Gasteiger partial charge in [0.2, 0.25) is 0 Å². The fourth-order valence-corrected chi connectivity index (χ4v) is 1.44. The van der Waals surface area contributed by atoms with Gasteiger partial charge in [0.05, 0.1) is 5.02 Å². The van der Waals surface area contributed by atoms with Crippen molar-refractivity contribution in [3.8, 4) is 11.3 Å². The zero-order chi connectivity index (χ0) is 10.1. The van der Waals surface area contributed by atoms with E-state index in [2.05, 4.69) is 5.16 Å². The molecule has 14 heavy (non-hydrogen) atoms. The minimum Gasteiger partial charge on any atom is -0.394 e. The first-order valence-corrected chi connectivity index (χ1v) is 4.54. The van der Waals surface area contributed by atoms with Crippen LogP contribution in [0.5, 0.6) is 0 Å². The zero-order valence-corrected chi connectivity index (χ0v) is 8.38. The minimum atomic E-state index is 0.535. The van der Waals surface area contributed by atoms with Crippen LogP contribution in [-0.2, 0) is 0 Å². The van der Waals surface area contributed by atoms with Gasteiger partial charge in [-0.05, 0) is 19.1 Å². The van der Waals surface area contributed by atoms with E-state index in [1.54, 1.807) is 13.0 Å². The van der Waals surface area contributed by atoms with Crippen LogP contribution in [0.25, 0.3) is 11.3 Å². The van der Waals surface area contributed by atoms with Gasteiger partial charge in [0.25, 0.3) is 0 Å². The van der Waals surface area contributed by atoms with Crippen molar-refractivity contribution in [3.05, 3.63) is 35.0 Å². The Labute approximate surface area is 86.5 Å². The zero-order valence-electron chi connectivity index (χ0n) is 7.62. The molecule has 1 heterocycles. The van der Waals surface area contributed by atoms with Crippen molar-refractivity contribution in [3.63, 3.8) is 0 Å². The van der Waals surface area contributed by atoms with E-state index >= 15 is 0 Å². The highest BCUT2D eigenvalue weighted by Gasteiger charge is 2.13. The second kappa shape index (κ2) is 3.35. The molecule has 0 bridgehead atoms. The lowest BCUT2D eigenvalue weighted by Crippen LogP contribution is -1.88. The maximum absolute atomic E-state index is 6.00. The average Bonchev–Trinajstić information content (AvgIpc) is 2.49. The maximum Gasteiger partial charge on any atom is 0.191 e. The third-order valence-corrected chi connectivity index (χ3v) is 2.36. The van der Waals surface area contributed by atoms with Crippen LogP contribution in [0.2, 0.25) is 5.02 Å². The fourth-order valence-electron chi connectivity index (χ4n) is 1.22. The third kappa shape index (κ3) is 1.36. The van der Waals surface area contributed by atoms with Gasteiger partial charge in [0.1, 0.15) is 11.4 Å². The summed E-state index contributed by atoms with van der Waals surface area (Å²) in [5.74, 6) is 0.535. The Bertz CT molecular complexity index is 465. The number of hydrogen-bond acceptors (Lipinski definition) is 3. The Balaban J connectivity index is 2.60. The van der Waals surface area contributed by atoms with E-state index < -0.39 is 0 Å². The molecular formula is C10H9ClN2O. The van der Waals surface area contributed by atoms with E-state index in [9.17, 15) is 0 Å². The van der Waals surface area contributed by atoms with E-state index in [1.165, 1.54) is 0 Å². The van der Waals surface area contributed by atoms with Crippen LogP contribution in [-0.4, -0.2) is 5.16 Å². The first-order valence-electron chi connectivity index (χ1n) is 4.17. The molecule has 0 aliphatic carbocycles. The molecule has 0 aliphatic rings. The van der Waals surface area contributed by atoms with Gasteiger partial charge >= 0.3 is 0 Å². The summed E-state index contributed by atoms with van der Waals surface area (Å²) >= 11 is 6.00. The van der Waals surface area contributed by atoms with E-state index in [1.807, 2.05) is 18.2 Å². The van der Waals surface area contributed by atoms with Gasteiger partial charge in [-0.1, -0.05) is 28.9 Å². The predicted molar refractivity (Wildman–Crippen MR) is 56.1 cm³/mol. The molecule has 1 aromatic carbocycles. The van der Waals surface area contributed by atoms with Crippen LogP contribution in [0.15, 0.2) is 28.8 Å². The number of aryl methyl sites for hydroxylation is 1. The number of benzene rings is 1. The van der Waals surface area contributed by atoms with Gasteiger partial charge in [-0.25, -0.2) is 0 Å². The molecule has 0 spiro atoms. The Hall–Kier alpha value is -1.48. The average molecular weight is 209 g/mol. The topological polar surface area (TPSA) is 52.0 Å². The highest BCUT2D eigenvalue weighted by Crippen LogP contribution is 2.32. The number of hydrogen-bond donors (Lipinski definition) is 1. The van der Waals surface area contributed by atoms with Gasteiger partial charge in [0.15, 0.2) is 5.76 Å². The van der Waals surface area contributed by atoms with Crippen LogP contribution >= 0.6 is 11.6 Å². The summed E-state index contributed by atoms with van der Waals surface area (Å²) in [5.41, 5.74) is 7.78. The summed E-state index contributed by atoms with van der Waals surface area (Å²) in [4.78, 5) is 0. The Morgan fingerprint density at radius 3 is 2.64 bits per heavy atom. The fraction of sp³-hybridized carbons (Fsp3) is 0.100. The molecule has 2 aromatic rings. The largest absolute Gasteiger partial charge is 0.394 e. The molecule has 0 fully saturated rings. The molecule has 0 radical (unpaired) electrons. The van der Waals surface area contributed by atoms with Crippen molar-refractivity contribution in [1.82, 2.24) is 5.16 Å². The first kappa shape index (κ1) is 9.09. The van der Waals surface area contributed by atoms with Crippen LogP contribution in [0.3, 0.4) is 0 Å². The van der Waals surface area contributed by atoms with E-state index in [4.69, 9.17) is 21.9 Å². The van der Waals surface area contributed by atoms with Crippen molar-refractivity contribution < 1.29 is 4.52 Å². The number of nitrogens with two attached hydrogens (primary N) is 1. The molecular weight excluding hydrogens is 200 g/mol. The predicted octanol–water partition coefficient (Wildman–Crippen LogP) is 2.89. The lowest BCUT2D eigenvalue weighted by Gasteiger charge is -1.99. The van der Waals surface area contributed by atoms with Crippen molar-refractivity contribution in [1.29, 1.82) is 0 Å². The first-order chi connectivity index (χ1) is 6.70. The van der Waals surface area contributed by atoms with Crippen LogP contribution in [0, 0.1) is 6.92 Å². The molecule has 1 aromatic heterocycles. The monoisotopic (exact) mass is 208 g/mol. The highest BCUT2D eigenvalue weighted by molar-refractivity contribution is 6.33. The smallest absolute Gasteiger partial charge is 0.191 e. The summed E-state index contributed by atoms with van der Waals surface area (Å²) in [6.07, 6.45) is 0. The molecule has 3 nitrogen and oxygen atoms in total. The Morgan fingerprint density at radius 2 is 2.07 bits per heavy atom. The molecule has 2 N–H and O–H groups in total. The molecule has 0 amide bonds. The Morgan fingerprint density at radius 1 is 1.36 bits per heavy atom. The summed E-state index contributed by atoms with van der Waals surface area (Å²) in [5, 5.41) is 4.38. The molecule has 0 atom stereocenters. The van der Waals surface area contributed by atoms with Crippen LogP contribution < -0.4 is 5.73 Å². The number of nitrogen functional groups attached to an aromatic ring is 1. The number of rotatable bonds is 1. The van der Waals surface area contributed by atoms with E-state index in [0.717, 1.165) is 5.56 Å². The molecule has 0 aliphatic heterocycles. The van der Waals surface area contributed by atoms with Crippen molar-refractivity contribution in [2.75, 3.05) is 5.73 Å². The second-order valence-corrected chi connectivity index (χ2v) is 3.40. The van der Waals surface area contributed by atoms with Gasteiger partial charge in [-0.3, -0.25) is 0 Å². The van der Waals surface area contributed by atoms with Gasteiger partial charge in [-0.15, -0.1) is 0 Å². The standard InChI is InChI=1S/C10H9ClN2O/c1-6-9(12)10(14-13-6)7-4-2-3-5-8(7)11/h2-5H,12H2,1H3. The summed E-state index contributed by atoms with van der Waals surface area (Å²) in [6.45, 7) is 1.79. The highest BCUT2D eigenvalue weighted by atomic mass is 35.5. The quantitative estimate of drug-likeness (QED) is 0.784. The van der Waals surface area contributed by atoms with Crippen molar-refractivity contribution in [2.45, 2.75) is 6.92 Å². The van der Waals surface area contributed by atoms with Crippen LogP contribution in [0.1, 0.15) is 5.69 Å². The number of anilines is 1. The summed E-state index contributed by atoms with van der Waals surface area (Å²) < 4.78 is 5.10. The van der Waals surface area contributed by atoms with Crippen molar-refractivity contribution >= 4 is 17.3 Å². The third-order valence-electron chi connectivity index (χ3n) is 2.03. The van der Waals surface area contributed by atoms with Crippen LogP contribution in [0.4, 0.5) is 5.69 Å². The Kier molecular flexibility index (Phi) is 2.17. The van der Waals surface area contributed by atoms with Gasteiger partial charge < -0.3 is 10.3 Å². The lowest BCUT2D eigenvalue weighted by molar-refractivity contribution is 0.427. The maximum atomic E-state index is 6.00. The summed E-state index contributed by atoms with van der Waals surface area (Å²) in [7, 11) is 0. The van der Waals surface area contributed by atoms with E-state index in [-0.39, 0.29) is 0 Å². The van der Waals surface area contributed by atoms with Gasteiger partial charge in [0, 0.05) is 5.56 Å². The number of nitrogens with zero attached hydrogens (tertiary/aromatic N) is 1. The second-order valence-electron chi connectivity index (χ2n) is 2.99.